The van der Waals surface area contributed by atoms with Crippen molar-refractivity contribution in [2.45, 2.75) is 6.42 Å². The predicted molar refractivity (Wildman–Crippen MR) is 90.9 cm³/mol. The Morgan fingerprint density at radius 3 is 2.21 bits per heavy atom. The molecule has 3 rings (SSSR count). The van der Waals surface area contributed by atoms with Crippen molar-refractivity contribution in [3.8, 4) is 11.5 Å². The second kappa shape index (κ2) is 6.98. The number of carbonyl (C=O) groups excluding carboxylic acids is 2. The van der Waals surface area contributed by atoms with E-state index < -0.39 is 11.8 Å². The summed E-state index contributed by atoms with van der Waals surface area (Å²) in [6, 6.07) is 9.67. The molecular formula is C16H12Cl2N2O4. The minimum atomic E-state index is -0.466. The summed E-state index contributed by atoms with van der Waals surface area (Å²) in [6.45, 7) is 0.152. The van der Waals surface area contributed by atoms with Gasteiger partial charge in [-0.25, -0.2) is 0 Å². The van der Waals surface area contributed by atoms with Crippen LogP contribution in [0.4, 0.5) is 11.4 Å². The van der Waals surface area contributed by atoms with Gasteiger partial charge < -0.3 is 20.1 Å². The Balaban J connectivity index is 1.56. The molecule has 2 amide bonds. The average molecular weight is 367 g/mol. The zero-order chi connectivity index (χ0) is 17.1. The van der Waals surface area contributed by atoms with Gasteiger partial charge in [-0.2, -0.15) is 0 Å². The Hall–Kier alpha value is -2.44. The molecule has 0 fully saturated rings. The van der Waals surface area contributed by atoms with E-state index in [2.05, 4.69) is 10.6 Å². The lowest BCUT2D eigenvalue weighted by atomic mass is 10.2. The smallest absolute Gasteiger partial charge is 0.233 e. The van der Waals surface area contributed by atoms with Gasteiger partial charge in [0.25, 0.3) is 0 Å². The standard InChI is InChI=1S/C16H12Cl2N2O4/c17-11-3-1-9(5-12(11)18)19-15(21)7-16(22)20-10-2-4-13-14(6-10)24-8-23-13/h1-6H,7-8H2,(H,19,21)(H,20,22). The normalized spacial score (nSPS) is 11.9. The van der Waals surface area contributed by atoms with Crippen LogP contribution in [0.5, 0.6) is 11.5 Å². The van der Waals surface area contributed by atoms with Crippen LogP contribution in [0, 0.1) is 0 Å². The summed E-state index contributed by atoms with van der Waals surface area (Å²) >= 11 is 11.7. The molecule has 0 radical (unpaired) electrons. The number of hydrogen-bond donors (Lipinski definition) is 2. The van der Waals surface area contributed by atoms with E-state index in [-0.39, 0.29) is 13.2 Å². The maximum absolute atomic E-state index is 11.9. The molecule has 2 aromatic rings. The van der Waals surface area contributed by atoms with Crippen molar-refractivity contribution in [2.24, 2.45) is 0 Å². The minimum Gasteiger partial charge on any atom is -0.454 e. The van der Waals surface area contributed by atoms with E-state index in [0.29, 0.717) is 32.9 Å². The molecule has 0 spiro atoms. The van der Waals surface area contributed by atoms with Crippen molar-refractivity contribution in [3.63, 3.8) is 0 Å². The third kappa shape index (κ3) is 3.90. The van der Waals surface area contributed by atoms with Gasteiger partial charge in [-0.15, -0.1) is 0 Å². The number of nitrogens with one attached hydrogen (secondary N) is 2. The summed E-state index contributed by atoms with van der Waals surface area (Å²) in [4.78, 5) is 23.8. The van der Waals surface area contributed by atoms with Gasteiger partial charge in [-0.05, 0) is 30.3 Å². The van der Waals surface area contributed by atoms with E-state index in [4.69, 9.17) is 32.7 Å². The summed E-state index contributed by atoms with van der Waals surface area (Å²) in [5.41, 5.74) is 0.983. The SMILES string of the molecule is O=C(CC(=O)Nc1ccc2c(c1)OCO2)Nc1ccc(Cl)c(Cl)c1. The van der Waals surface area contributed by atoms with E-state index in [0.717, 1.165) is 0 Å². The molecule has 0 saturated heterocycles. The summed E-state index contributed by atoms with van der Waals surface area (Å²) < 4.78 is 10.4. The van der Waals surface area contributed by atoms with Crippen LogP contribution < -0.4 is 20.1 Å². The quantitative estimate of drug-likeness (QED) is 0.809. The van der Waals surface area contributed by atoms with Crippen LogP contribution in [-0.2, 0) is 9.59 Å². The van der Waals surface area contributed by atoms with Crippen LogP contribution >= 0.6 is 23.2 Å². The molecule has 0 unspecified atom stereocenters. The largest absolute Gasteiger partial charge is 0.454 e. The maximum atomic E-state index is 11.9. The van der Waals surface area contributed by atoms with Gasteiger partial charge in [0.15, 0.2) is 11.5 Å². The van der Waals surface area contributed by atoms with E-state index in [1.54, 1.807) is 30.3 Å². The van der Waals surface area contributed by atoms with E-state index in [1.807, 2.05) is 0 Å². The fourth-order valence-electron chi connectivity index (χ4n) is 2.10. The Kier molecular flexibility index (Phi) is 4.78. The van der Waals surface area contributed by atoms with Gasteiger partial charge in [-0.3, -0.25) is 9.59 Å². The Bertz CT molecular complexity index is 811. The number of hydrogen-bond acceptors (Lipinski definition) is 4. The first-order chi connectivity index (χ1) is 11.5. The third-order valence-electron chi connectivity index (χ3n) is 3.18. The number of amides is 2. The second-order valence-corrected chi connectivity index (χ2v) is 5.78. The summed E-state index contributed by atoms with van der Waals surface area (Å²) in [7, 11) is 0. The number of anilines is 2. The van der Waals surface area contributed by atoms with Crippen molar-refractivity contribution >= 4 is 46.4 Å². The lowest BCUT2D eigenvalue weighted by Crippen LogP contribution is -2.21. The molecule has 24 heavy (non-hydrogen) atoms. The molecule has 1 heterocycles. The number of fused-ring (bicyclic) bond motifs is 1. The molecule has 0 saturated carbocycles. The molecule has 0 bridgehead atoms. The molecule has 1 aliphatic heterocycles. The second-order valence-electron chi connectivity index (χ2n) is 4.97. The van der Waals surface area contributed by atoms with Crippen molar-refractivity contribution in [1.29, 1.82) is 0 Å². The Morgan fingerprint density at radius 2 is 1.50 bits per heavy atom. The molecule has 1 aliphatic rings. The van der Waals surface area contributed by atoms with Crippen molar-refractivity contribution < 1.29 is 19.1 Å². The van der Waals surface area contributed by atoms with Crippen LogP contribution in [0.3, 0.4) is 0 Å². The highest BCUT2D eigenvalue weighted by Crippen LogP contribution is 2.34. The lowest BCUT2D eigenvalue weighted by Gasteiger charge is -2.08. The number of ether oxygens (including phenoxy) is 2. The summed E-state index contributed by atoms with van der Waals surface area (Å²) in [5.74, 6) is 0.247. The number of halogens is 2. The maximum Gasteiger partial charge on any atom is 0.233 e. The highest BCUT2D eigenvalue weighted by molar-refractivity contribution is 6.42. The van der Waals surface area contributed by atoms with Crippen molar-refractivity contribution in [3.05, 3.63) is 46.4 Å². The first-order valence-electron chi connectivity index (χ1n) is 6.95. The number of rotatable bonds is 4. The first kappa shape index (κ1) is 16.4. The molecular weight excluding hydrogens is 355 g/mol. The Labute approximate surface area is 147 Å². The molecule has 0 aromatic heterocycles. The predicted octanol–water partition coefficient (Wildman–Crippen LogP) is 3.69. The molecule has 6 nitrogen and oxygen atoms in total. The van der Waals surface area contributed by atoms with E-state index >= 15 is 0 Å². The molecule has 8 heteroatoms. The van der Waals surface area contributed by atoms with Gasteiger partial charge in [0.1, 0.15) is 6.42 Å². The fraction of sp³-hybridized carbons (Fsp3) is 0.125. The van der Waals surface area contributed by atoms with Crippen LogP contribution in [0.15, 0.2) is 36.4 Å². The summed E-state index contributed by atoms with van der Waals surface area (Å²) in [5, 5.41) is 5.91. The van der Waals surface area contributed by atoms with Crippen molar-refractivity contribution in [1.82, 2.24) is 0 Å². The first-order valence-corrected chi connectivity index (χ1v) is 7.71. The molecule has 2 aromatic carbocycles. The van der Waals surface area contributed by atoms with Crippen LogP contribution in [-0.4, -0.2) is 18.6 Å². The summed E-state index contributed by atoms with van der Waals surface area (Å²) in [6.07, 6.45) is -0.339. The van der Waals surface area contributed by atoms with Gasteiger partial charge >= 0.3 is 0 Å². The zero-order valence-electron chi connectivity index (χ0n) is 12.3. The van der Waals surface area contributed by atoms with Crippen molar-refractivity contribution in [2.75, 3.05) is 17.4 Å². The Morgan fingerprint density at radius 1 is 0.875 bits per heavy atom. The molecule has 124 valence electrons. The van der Waals surface area contributed by atoms with Crippen LogP contribution in [0.1, 0.15) is 6.42 Å². The van der Waals surface area contributed by atoms with Crippen LogP contribution in [0.25, 0.3) is 0 Å². The molecule has 0 atom stereocenters. The monoisotopic (exact) mass is 366 g/mol. The van der Waals surface area contributed by atoms with E-state index in [9.17, 15) is 9.59 Å². The lowest BCUT2D eigenvalue weighted by molar-refractivity contribution is -0.123. The zero-order valence-corrected chi connectivity index (χ0v) is 13.8. The average Bonchev–Trinajstić information content (AvgIpc) is 2.98. The highest BCUT2D eigenvalue weighted by Gasteiger charge is 2.15. The highest BCUT2D eigenvalue weighted by atomic mass is 35.5. The molecule has 0 aliphatic carbocycles. The minimum absolute atomic E-state index is 0.152. The van der Waals surface area contributed by atoms with Gasteiger partial charge in [-0.1, -0.05) is 23.2 Å². The van der Waals surface area contributed by atoms with E-state index in [1.165, 1.54) is 6.07 Å². The fourth-order valence-corrected chi connectivity index (χ4v) is 2.40. The van der Waals surface area contributed by atoms with Gasteiger partial charge in [0, 0.05) is 17.4 Å². The number of benzene rings is 2. The third-order valence-corrected chi connectivity index (χ3v) is 3.92. The number of carbonyl (C=O) groups is 2. The van der Waals surface area contributed by atoms with Gasteiger partial charge in [0.2, 0.25) is 18.6 Å². The molecule has 2 N–H and O–H groups in total. The van der Waals surface area contributed by atoms with Gasteiger partial charge in [0.05, 0.1) is 10.0 Å². The topological polar surface area (TPSA) is 76.7 Å². The van der Waals surface area contributed by atoms with Crippen LogP contribution in [0.2, 0.25) is 10.0 Å².